The number of aromatic nitrogens is 3. The van der Waals surface area contributed by atoms with E-state index >= 15 is 0 Å². The van der Waals surface area contributed by atoms with Gasteiger partial charge in [0.05, 0.1) is 12.5 Å². The number of rotatable bonds is 6. The number of nitriles is 1. The maximum Gasteiger partial charge on any atom is 0.231 e. The minimum absolute atomic E-state index is 0.0213. The van der Waals surface area contributed by atoms with Crippen LogP contribution in [0.2, 0.25) is 5.28 Å². The van der Waals surface area contributed by atoms with Crippen molar-refractivity contribution < 1.29 is 0 Å². The number of anilines is 2. The summed E-state index contributed by atoms with van der Waals surface area (Å²) in [6.45, 7) is 7.60. The molecule has 0 radical (unpaired) electrons. The molecule has 0 aliphatic carbocycles. The lowest BCUT2D eigenvalue weighted by molar-refractivity contribution is 0.677. The molecule has 6 nitrogen and oxygen atoms in total. The van der Waals surface area contributed by atoms with E-state index < -0.39 is 0 Å². The van der Waals surface area contributed by atoms with Crippen LogP contribution in [0, 0.1) is 11.3 Å². The van der Waals surface area contributed by atoms with Crippen molar-refractivity contribution in [1.82, 2.24) is 15.0 Å². The van der Waals surface area contributed by atoms with Gasteiger partial charge in [-0.3, -0.25) is 0 Å². The second kappa shape index (κ2) is 7.10. The average molecular weight is 283 g/mol. The van der Waals surface area contributed by atoms with Gasteiger partial charge in [-0.15, -0.1) is 0 Å². The van der Waals surface area contributed by atoms with E-state index in [1.807, 2.05) is 37.6 Å². The molecule has 0 saturated heterocycles. The standard InChI is InChI=1S/C12H19ClN6/c1-5-19(6-2)12-16-10(13)15-11(17-12)18(4)9(3)7-8-14/h9H,5-7H2,1-4H3. The van der Waals surface area contributed by atoms with Crippen LogP contribution in [0.25, 0.3) is 0 Å². The zero-order valence-electron chi connectivity index (χ0n) is 11.8. The van der Waals surface area contributed by atoms with Crippen molar-refractivity contribution in [1.29, 1.82) is 5.26 Å². The van der Waals surface area contributed by atoms with E-state index in [9.17, 15) is 0 Å². The summed E-state index contributed by atoms with van der Waals surface area (Å²) >= 11 is 5.95. The smallest absolute Gasteiger partial charge is 0.231 e. The van der Waals surface area contributed by atoms with Crippen molar-refractivity contribution in [2.75, 3.05) is 29.9 Å². The number of nitrogens with zero attached hydrogens (tertiary/aromatic N) is 6. The van der Waals surface area contributed by atoms with E-state index in [1.165, 1.54) is 0 Å². The third-order valence-corrected chi connectivity index (χ3v) is 3.16. The molecule has 1 rings (SSSR count). The molecule has 0 bridgehead atoms. The van der Waals surface area contributed by atoms with Gasteiger partial charge < -0.3 is 9.80 Å². The third kappa shape index (κ3) is 3.93. The van der Waals surface area contributed by atoms with Crippen LogP contribution in [0.3, 0.4) is 0 Å². The van der Waals surface area contributed by atoms with Crippen molar-refractivity contribution in [3.05, 3.63) is 5.28 Å². The number of hydrogen-bond donors (Lipinski definition) is 0. The highest BCUT2D eigenvalue weighted by molar-refractivity contribution is 6.28. The van der Waals surface area contributed by atoms with E-state index in [1.54, 1.807) is 0 Å². The molecule has 0 amide bonds. The predicted octanol–water partition coefficient (Wildman–Crippen LogP) is 2.11. The largest absolute Gasteiger partial charge is 0.341 e. The SMILES string of the molecule is CCN(CC)c1nc(Cl)nc(N(C)C(C)CC#N)n1. The Morgan fingerprint density at radius 2 is 1.79 bits per heavy atom. The van der Waals surface area contributed by atoms with E-state index in [-0.39, 0.29) is 11.3 Å². The first kappa shape index (κ1) is 15.4. The molecular formula is C12H19ClN6. The summed E-state index contributed by atoms with van der Waals surface area (Å²) in [5.74, 6) is 1.06. The Kier molecular flexibility index (Phi) is 5.77. The zero-order valence-corrected chi connectivity index (χ0v) is 12.5. The molecule has 0 aliphatic heterocycles. The lowest BCUT2D eigenvalue weighted by Crippen LogP contribution is -2.31. The maximum absolute atomic E-state index is 8.74. The molecule has 1 unspecified atom stereocenters. The fourth-order valence-electron chi connectivity index (χ4n) is 1.60. The minimum Gasteiger partial charge on any atom is -0.341 e. The predicted molar refractivity (Wildman–Crippen MR) is 76.5 cm³/mol. The Hall–Kier alpha value is -1.61. The van der Waals surface area contributed by atoms with Crippen LogP contribution in [-0.4, -0.2) is 41.1 Å². The Balaban J connectivity index is 3.05. The quantitative estimate of drug-likeness (QED) is 0.796. The molecule has 0 aromatic carbocycles. The molecule has 19 heavy (non-hydrogen) atoms. The monoisotopic (exact) mass is 282 g/mol. The van der Waals surface area contributed by atoms with Crippen LogP contribution in [0.4, 0.5) is 11.9 Å². The lowest BCUT2D eigenvalue weighted by atomic mass is 10.2. The van der Waals surface area contributed by atoms with Gasteiger partial charge in [-0.25, -0.2) is 0 Å². The van der Waals surface area contributed by atoms with E-state index in [2.05, 4.69) is 21.0 Å². The highest BCUT2D eigenvalue weighted by Gasteiger charge is 2.16. The highest BCUT2D eigenvalue weighted by Crippen LogP contribution is 2.17. The van der Waals surface area contributed by atoms with Gasteiger partial charge in [0.1, 0.15) is 0 Å². The van der Waals surface area contributed by atoms with Crippen molar-refractivity contribution >= 4 is 23.5 Å². The molecule has 7 heteroatoms. The molecule has 0 N–H and O–H groups in total. The second-order valence-corrected chi connectivity index (χ2v) is 4.54. The Morgan fingerprint density at radius 1 is 1.21 bits per heavy atom. The molecule has 0 spiro atoms. The zero-order chi connectivity index (χ0) is 14.4. The molecule has 1 aromatic heterocycles. The molecule has 0 fully saturated rings. The molecule has 0 aliphatic rings. The maximum atomic E-state index is 8.74. The van der Waals surface area contributed by atoms with Gasteiger partial charge in [-0.1, -0.05) is 0 Å². The highest BCUT2D eigenvalue weighted by atomic mass is 35.5. The van der Waals surface area contributed by atoms with Crippen LogP contribution in [0.15, 0.2) is 0 Å². The molecule has 1 heterocycles. The first-order valence-electron chi connectivity index (χ1n) is 6.29. The van der Waals surface area contributed by atoms with Gasteiger partial charge in [-0.2, -0.15) is 20.2 Å². The summed E-state index contributed by atoms with van der Waals surface area (Å²) < 4.78 is 0. The number of halogens is 1. The molecule has 104 valence electrons. The van der Waals surface area contributed by atoms with Gasteiger partial charge in [0.15, 0.2) is 0 Å². The van der Waals surface area contributed by atoms with Crippen molar-refractivity contribution in [2.24, 2.45) is 0 Å². The van der Waals surface area contributed by atoms with Crippen LogP contribution in [0.1, 0.15) is 27.2 Å². The van der Waals surface area contributed by atoms with Gasteiger partial charge >= 0.3 is 0 Å². The van der Waals surface area contributed by atoms with Crippen molar-refractivity contribution in [3.8, 4) is 6.07 Å². The molecule has 1 aromatic rings. The summed E-state index contributed by atoms with van der Waals surface area (Å²) in [4.78, 5) is 16.5. The summed E-state index contributed by atoms with van der Waals surface area (Å²) in [6.07, 6.45) is 0.403. The van der Waals surface area contributed by atoms with E-state index in [0.717, 1.165) is 13.1 Å². The van der Waals surface area contributed by atoms with Crippen LogP contribution in [0.5, 0.6) is 0 Å². The normalized spacial score (nSPS) is 11.8. The lowest BCUT2D eigenvalue weighted by Gasteiger charge is -2.25. The molecular weight excluding hydrogens is 264 g/mol. The van der Waals surface area contributed by atoms with Gasteiger partial charge in [-0.05, 0) is 32.4 Å². The van der Waals surface area contributed by atoms with Gasteiger partial charge in [0.2, 0.25) is 17.2 Å². The summed E-state index contributed by atoms with van der Waals surface area (Å²) in [5, 5.41) is 8.91. The van der Waals surface area contributed by atoms with Crippen LogP contribution >= 0.6 is 11.6 Å². The first-order valence-corrected chi connectivity index (χ1v) is 6.67. The molecule has 1 atom stereocenters. The van der Waals surface area contributed by atoms with Crippen LogP contribution < -0.4 is 9.80 Å². The Labute approximate surface area is 119 Å². The first-order chi connectivity index (χ1) is 9.03. The summed E-state index contributed by atoms with van der Waals surface area (Å²) in [7, 11) is 1.85. The minimum atomic E-state index is 0.0213. The third-order valence-electron chi connectivity index (χ3n) is 2.99. The fraction of sp³-hybridized carbons (Fsp3) is 0.667. The Morgan fingerprint density at radius 3 is 2.32 bits per heavy atom. The summed E-state index contributed by atoms with van der Waals surface area (Å²) in [6, 6.07) is 2.16. The van der Waals surface area contributed by atoms with Crippen molar-refractivity contribution in [3.63, 3.8) is 0 Å². The van der Waals surface area contributed by atoms with Crippen molar-refractivity contribution in [2.45, 2.75) is 33.2 Å². The van der Waals surface area contributed by atoms with Gasteiger partial charge in [0.25, 0.3) is 0 Å². The fourth-order valence-corrected chi connectivity index (χ4v) is 1.75. The molecule has 0 saturated carbocycles. The van der Waals surface area contributed by atoms with E-state index in [0.29, 0.717) is 18.3 Å². The van der Waals surface area contributed by atoms with Gasteiger partial charge in [0, 0.05) is 26.2 Å². The number of hydrogen-bond acceptors (Lipinski definition) is 6. The topological polar surface area (TPSA) is 68.9 Å². The second-order valence-electron chi connectivity index (χ2n) is 4.20. The van der Waals surface area contributed by atoms with E-state index in [4.69, 9.17) is 16.9 Å². The van der Waals surface area contributed by atoms with Crippen LogP contribution in [-0.2, 0) is 0 Å². The average Bonchev–Trinajstić information content (AvgIpc) is 2.39. The summed E-state index contributed by atoms with van der Waals surface area (Å²) in [5.41, 5.74) is 0. The Bertz CT molecular complexity index is 454.